The van der Waals surface area contributed by atoms with E-state index in [1.807, 2.05) is 37.3 Å². The van der Waals surface area contributed by atoms with Crippen molar-refractivity contribution >= 4 is 5.78 Å². The molecule has 0 N–H and O–H groups in total. The fourth-order valence-corrected chi connectivity index (χ4v) is 1.30. The Bertz CT molecular complexity index is 317. The number of Topliss-reactive ketones (excluding diaryl/α,β-unsaturated/α-hetero) is 1. The number of hydrogen-bond acceptors (Lipinski definition) is 2. The van der Waals surface area contributed by atoms with Crippen LogP contribution in [0.4, 0.5) is 0 Å². The summed E-state index contributed by atoms with van der Waals surface area (Å²) in [5, 5.41) is 0. The summed E-state index contributed by atoms with van der Waals surface area (Å²) >= 11 is 0. The average molecular weight is 220 g/mol. The van der Waals surface area contributed by atoms with Crippen molar-refractivity contribution in [1.82, 2.24) is 0 Å². The Morgan fingerprint density at radius 2 is 1.81 bits per heavy atom. The van der Waals surface area contributed by atoms with Crippen molar-refractivity contribution in [3.63, 3.8) is 0 Å². The fourth-order valence-electron chi connectivity index (χ4n) is 1.30. The van der Waals surface area contributed by atoms with Gasteiger partial charge < -0.3 is 4.74 Å². The van der Waals surface area contributed by atoms with Crippen LogP contribution in [0.15, 0.2) is 30.3 Å². The van der Waals surface area contributed by atoms with Crippen molar-refractivity contribution in [3.05, 3.63) is 35.9 Å². The van der Waals surface area contributed by atoms with E-state index in [0.29, 0.717) is 18.9 Å². The van der Waals surface area contributed by atoms with Gasteiger partial charge in [-0.25, -0.2) is 0 Å². The Morgan fingerprint density at radius 1 is 1.19 bits per heavy atom. The number of carbonyl (C=O) groups excluding carboxylic acids is 1. The number of ketones is 1. The zero-order chi connectivity index (χ0) is 12.0. The van der Waals surface area contributed by atoms with E-state index in [1.165, 1.54) is 0 Å². The maximum Gasteiger partial charge on any atom is 0.165 e. The van der Waals surface area contributed by atoms with E-state index >= 15 is 0 Å². The van der Waals surface area contributed by atoms with Gasteiger partial charge in [0.1, 0.15) is 0 Å². The highest BCUT2D eigenvalue weighted by Gasteiger charge is 2.09. The second kappa shape index (κ2) is 6.44. The first-order valence-electron chi connectivity index (χ1n) is 5.81. The third-order valence-corrected chi connectivity index (χ3v) is 2.74. The second-order valence-corrected chi connectivity index (χ2v) is 4.36. The molecule has 0 aromatic heterocycles. The first kappa shape index (κ1) is 12.9. The Morgan fingerprint density at radius 3 is 2.38 bits per heavy atom. The summed E-state index contributed by atoms with van der Waals surface area (Å²) < 4.78 is 5.57. The predicted octanol–water partition coefficient (Wildman–Crippen LogP) is 3.32. The van der Waals surface area contributed by atoms with Gasteiger partial charge in [-0.15, -0.1) is 0 Å². The highest BCUT2D eigenvalue weighted by atomic mass is 16.5. The van der Waals surface area contributed by atoms with Crippen molar-refractivity contribution in [2.24, 2.45) is 5.92 Å². The molecule has 1 atom stereocenters. The van der Waals surface area contributed by atoms with Crippen LogP contribution in [0.3, 0.4) is 0 Å². The summed E-state index contributed by atoms with van der Waals surface area (Å²) in [5.41, 5.74) is 0.767. The quantitative estimate of drug-likeness (QED) is 0.687. The molecule has 2 heteroatoms. The molecule has 0 aliphatic heterocycles. The Labute approximate surface area is 97.6 Å². The molecule has 0 saturated carbocycles. The lowest BCUT2D eigenvalue weighted by atomic mass is 10.1. The zero-order valence-corrected chi connectivity index (χ0v) is 10.3. The summed E-state index contributed by atoms with van der Waals surface area (Å²) in [6.45, 7) is 6.78. The molecule has 0 fully saturated rings. The second-order valence-electron chi connectivity index (χ2n) is 4.36. The van der Waals surface area contributed by atoms with E-state index in [-0.39, 0.29) is 11.9 Å². The van der Waals surface area contributed by atoms with Crippen LogP contribution in [-0.2, 0) is 4.74 Å². The summed E-state index contributed by atoms with van der Waals surface area (Å²) in [6.07, 6.45) is 0.671. The van der Waals surface area contributed by atoms with E-state index in [0.717, 1.165) is 5.56 Å². The van der Waals surface area contributed by atoms with Crippen LogP contribution in [0.2, 0.25) is 0 Å². The molecule has 1 unspecified atom stereocenters. The third kappa shape index (κ3) is 4.15. The van der Waals surface area contributed by atoms with Crippen LogP contribution in [0.5, 0.6) is 0 Å². The van der Waals surface area contributed by atoms with Crippen LogP contribution in [-0.4, -0.2) is 18.5 Å². The number of benzene rings is 1. The topological polar surface area (TPSA) is 26.3 Å². The van der Waals surface area contributed by atoms with Crippen LogP contribution >= 0.6 is 0 Å². The number of hydrogen-bond donors (Lipinski definition) is 0. The van der Waals surface area contributed by atoms with Gasteiger partial charge in [-0.2, -0.15) is 0 Å². The molecule has 0 saturated heterocycles. The molecule has 1 rings (SSSR count). The van der Waals surface area contributed by atoms with Gasteiger partial charge in [0, 0.05) is 12.0 Å². The van der Waals surface area contributed by atoms with Crippen molar-refractivity contribution in [3.8, 4) is 0 Å². The summed E-state index contributed by atoms with van der Waals surface area (Å²) in [5.74, 6) is 0.642. The maximum absolute atomic E-state index is 11.7. The normalized spacial score (nSPS) is 12.8. The first-order chi connectivity index (χ1) is 7.61. The lowest BCUT2D eigenvalue weighted by molar-refractivity contribution is 0.0335. The molecule has 0 radical (unpaired) electrons. The molecule has 88 valence electrons. The molecule has 1 aromatic carbocycles. The van der Waals surface area contributed by atoms with Crippen molar-refractivity contribution in [1.29, 1.82) is 0 Å². The van der Waals surface area contributed by atoms with E-state index in [2.05, 4.69) is 13.8 Å². The van der Waals surface area contributed by atoms with E-state index in [1.54, 1.807) is 0 Å². The zero-order valence-electron chi connectivity index (χ0n) is 10.3. The summed E-state index contributed by atoms with van der Waals surface area (Å²) in [6, 6.07) is 9.35. The van der Waals surface area contributed by atoms with Gasteiger partial charge in [-0.05, 0) is 12.8 Å². The van der Waals surface area contributed by atoms with Crippen LogP contribution in [0.25, 0.3) is 0 Å². The van der Waals surface area contributed by atoms with Crippen LogP contribution < -0.4 is 0 Å². The molecule has 0 aliphatic rings. The fraction of sp³-hybridized carbons (Fsp3) is 0.500. The average Bonchev–Trinajstić information content (AvgIpc) is 2.29. The third-order valence-electron chi connectivity index (χ3n) is 2.74. The van der Waals surface area contributed by atoms with Crippen molar-refractivity contribution in [2.75, 3.05) is 6.61 Å². The van der Waals surface area contributed by atoms with Gasteiger partial charge in [0.05, 0.1) is 12.7 Å². The molecule has 0 heterocycles. The van der Waals surface area contributed by atoms with Gasteiger partial charge >= 0.3 is 0 Å². The van der Waals surface area contributed by atoms with Crippen LogP contribution in [0, 0.1) is 5.92 Å². The molecule has 16 heavy (non-hydrogen) atoms. The van der Waals surface area contributed by atoms with Gasteiger partial charge in [-0.1, -0.05) is 44.2 Å². The van der Waals surface area contributed by atoms with E-state index in [4.69, 9.17) is 4.74 Å². The van der Waals surface area contributed by atoms with Gasteiger partial charge in [0.25, 0.3) is 0 Å². The standard InChI is InChI=1S/C14H20O2/c1-11(2)12(3)16-10-9-14(15)13-7-5-4-6-8-13/h4-8,11-12H,9-10H2,1-3H3. The maximum atomic E-state index is 11.7. The van der Waals surface area contributed by atoms with Gasteiger partial charge in [0.15, 0.2) is 5.78 Å². The smallest absolute Gasteiger partial charge is 0.165 e. The molecule has 0 aliphatic carbocycles. The monoisotopic (exact) mass is 220 g/mol. The Balaban J connectivity index is 2.31. The molecule has 0 spiro atoms. The Kier molecular flexibility index (Phi) is 5.20. The molecular weight excluding hydrogens is 200 g/mol. The minimum Gasteiger partial charge on any atom is -0.378 e. The first-order valence-corrected chi connectivity index (χ1v) is 5.81. The van der Waals surface area contributed by atoms with E-state index in [9.17, 15) is 4.79 Å². The molecular formula is C14H20O2. The number of carbonyl (C=O) groups is 1. The van der Waals surface area contributed by atoms with Gasteiger partial charge in [-0.3, -0.25) is 4.79 Å². The van der Waals surface area contributed by atoms with Crippen molar-refractivity contribution in [2.45, 2.75) is 33.3 Å². The minimum absolute atomic E-state index is 0.150. The lowest BCUT2D eigenvalue weighted by Gasteiger charge is -2.16. The Hall–Kier alpha value is -1.15. The highest BCUT2D eigenvalue weighted by molar-refractivity contribution is 5.96. The predicted molar refractivity (Wildman–Crippen MR) is 65.6 cm³/mol. The lowest BCUT2D eigenvalue weighted by Crippen LogP contribution is -2.17. The van der Waals surface area contributed by atoms with Crippen LogP contribution in [0.1, 0.15) is 37.6 Å². The molecule has 0 amide bonds. The number of rotatable bonds is 6. The SMILES string of the molecule is CC(C)C(C)OCCC(=O)c1ccccc1. The number of ether oxygens (including phenoxy) is 1. The molecule has 0 bridgehead atoms. The minimum atomic E-state index is 0.150. The summed E-state index contributed by atoms with van der Waals surface area (Å²) in [4.78, 5) is 11.7. The largest absolute Gasteiger partial charge is 0.378 e. The molecule has 2 nitrogen and oxygen atoms in total. The van der Waals surface area contributed by atoms with Crippen molar-refractivity contribution < 1.29 is 9.53 Å². The molecule has 1 aromatic rings. The van der Waals surface area contributed by atoms with Gasteiger partial charge in [0.2, 0.25) is 0 Å². The van der Waals surface area contributed by atoms with E-state index < -0.39 is 0 Å². The highest BCUT2D eigenvalue weighted by Crippen LogP contribution is 2.07. The summed E-state index contributed by atoms with van der Waals surface area (Å²) in [7, 11) is 0.